The molecule has 0 N–H and O–H groups in total. The van der Waals surface area contributed by atoms with E-state index in [0.29, 0.717) is 19.3 Å². The molecule has 0 saturated heterocycles. The number of esters is 3. The van der Waals surface area contributed by atoms with Crippen molar-refractivity contribution in [3.8, 4) is 0 Å². The summed E-state index contributed by atoms with van der Waals surface area (Å²) in [4.78, 5) is 38.2. The lowest BCUT2D eigenvalue weighted by atomic mass is 10.0. The lowest BCUT2D eigenvalue weighted by Gasteiger charge is -2.18. The predicted octanol–water partition coefficient (Wildman–Crippen LogP) is 24.0. The van der Waals surface area contributed by atoms with Crippen LogP contribution in [0.5, 0.6) is 0 Å². The fraction of sp³-hybridized carbons (Fsp3) is 0.747. The number of ether oxygens (including phenoxy) is 3. The monoisotopic (exact) mass is 1130 g/mol. The Morgan fingerprint density at radius 1 is 0.259 bits per heavy atom. The van der Waals surface area contributed by atoms with Gasteiger partial charge in [-0.05, 0) is 103 Å². The van der Waals surface area contributed by atoms with Gasteiger partial charge in [0.2, 0.25) is 0 Å². The maximum absolute atomic E-state index is 12.9. The first-order chi connectivity index (χ1) is 40.0. The summed E-state index contributed by atoms with van der Waals surface area (Å²) < 4.78 is 16.8. The molecule has 0 aromatic heterocycles. The van der Waals surface area contributed by atoms with E-state index in [1.165, 1.54) is 205 Å². The average molecular weight is 1130 g/mol. The third-order valence-corrected chi connectivity index (χ3v) is 15.1. The second-order valence-corrected chi connectivity index (χ2v) is 23.1. The number of hydrogen-bond donors (Lipinski definition) is 0. The molecule has 0 bridgehead atoms. The van der Waals surface area contributed by atoms with Gasteiger partial charge >= 0.3 is 17.9 Å². The third-order valence-electron chi connectivity index (χ3n) is 15.1. The van der Waals surface area contributed by atoms with Crippen LogP contribution in [0.25, 0.3) is 0 Å². The Labute approximate surface area is 502 Å². The molecule has 0 heterocycles. The van der Waals surface area contributed by atoms with Gasteiger partial charge in [0.1, 0.15) is 13.2 Å². The number of carbonyl (C=O) groups excluding carboxylic acids is 3. The van der Waals surface area contributed by atoms with Gasteiger partial charge in [-0.3, -0.25) is 14.4 Å². The van der Waals surface area contributed by atoms with Crippen LogP contribution in [0.4, 0.5) is 0 Å². The van der Waals surface area contributed by atoms with E-state index < -0.39 is 12.1 Å². The SMILES string of the molecule is CC/C=C\C/C=C\C/C=C\C/C=C\C/C=C\C/C=C\CCC(=O)OC(COC(=O)CCCCCCC/C=C\CCCC)COC(=O)CCCCCCCCCCCCCCCCCCCCCCC/C=C\CCCCCCCCCC. The normalized spacial score (nSPS) is 12.7. The molecule has 0 aromatic carbocycles. The van der Waals surface area contributed by atoms with Gasteiger partial charge < -0.3 is 14.2 Å². The Hall–Kier alpha value is -3.67. The Morgan fingerprint density at radius 2 is 0.519 bits per heavy atom. The van der Waals surface area contributed by atoms with E-state index in [1.54, 1.807) is 0 Å². The molecule has 6 heteroatoms. The molecule has 0 radical (unpaired) electrons. The van der Waals surface area contributed by atoms with Crippen molar-refractivity contribution in [1.82, 2.24) is 0 Å². The number of carbonyl (C=O) groups is 3. The number of allylic oxidation sites excluding steroid dienone is 16. The highest BCUT2D eigenvalue weighted by atomic mass is 16.6. The minimum absolute atomic E-state index is 0.108. The number of rotatable bonds is 63. The van der Waals surface area contributed by atoms with Crippen molar-refractivity contribution >= 4 is 17.9 Å². The van der Waals surface area contributed by atoms with E-state index in [2.05, 4.69) is 112 Å². The molecular formula is C75H130O6. The molecule has 0 amide bonds. The summed E-state index contributed by atoms with van der Waals surface area (Å²) in [6, 6.07) is 0. The maximum atomic E-state index is 12.9. The molecule has 466 valence electrons. The molecule has 0 fully saturated rings. The van der Waals surface area contributed by atoms with Crippen molar-refractivity contribution in [2.24, 2.45) is 0 Å². The molecule has 6 nitrogen and oxygen atoms in total. The molecule has 0 saturated carbocycles. The molecular weight excluding hydrogens is 997 g/mol. The van der Waals surface area contributed by atoms with Crippen molar-refractivity contribution < 1.29 is 28.6 Å². The summed E-state index contributed by atoms with van der Waals surface area (Å²) in [6.07, 6.45) is 93.3. The van der Waals surface area contributed by atoms with Crippen LogP contribution in [0.3, 0.4) is 0 Å². The van der Waals surface area contributed by atoms with Crippen molar-refractivity contribution in [3.05, 3.63) is 97.2 Å². The van der Waals surface area contributed by atoms with Crippen molar-refractivity contribution in [2.75, 3.05) is 13.2 Å². The second-order valence-electron chi connectivity index (χ2n) is 23.1. The van der Waals surface area contributed by atoms with Crippen LogP contribution in [0.2, 0.25) is 0 Å². The van der Waals surface area contributed by atoms with Gasteiger partial charge in [0.15, 0.2) is 6.10 Å². The zero-order chi connectivity index (χ0) is 58.5. The van der Waals surface area contributed by atoms with Crippen LogP contribution in [0, 0.1) is 0 Å². The number of hydrogen-bond acceptors (Lipinski definition) is 6. The van der Waals surface area contributed by atoms with E-state index in [9.17, 15) is 14.4 Å². The molecule has 0 aliphatic rings. The fourth-order valence-corrected chi connectivity index (χ4v) is 9.86. The van der Waals surface area contributed by atoms with Crippen LogP contribution >= 0.6 is 0 Å². The van der Waals surface area contributed by atoms with E-state index >= 15 is 0 Å². The second kappa shape index (κ2) is 68.8. The first-order valence-electron chi connectivity index (χ1n) is 34.7. The minimum Gasteiger partial charge on any atom is -0.462 e. The average Bonchev–Trinajstić information content (AvgIpc) is 3.47. The Morgan fingerprint density at radius 3 is 0.840 bits per heavy atom. The summed E-state index contributed by atoms with van der Waals surface area (Å²) in [6.45, 7) is 6.45. The summed E-state index contributed by atoms with van der Waals surface area (Å²) in [7, 11) is 0. The molecule has 0 aromatic rings. The first-order valence-corrected chi connectivity index (χ1v) is 34.7. The largest absolute Gasteiger partial charge is 0.462 e. The lowest BCUT2D eigenvalue weighted by Crippen LogP contribution is -2.30. The van der Waals surface area contributed by atoms with Crippen molar-refractivity contribution in [2.45, 2.75) is 348 Å². The fourth-order valence-electron chi connectivity index (χ4n) is 9.86. The highest BCUT2D eigenvalue weighted by Gasteiger charge is 2.19. The van der Waals surface area contributed by atoms with E-state index in [4.69, 9.17) is 14.2 Å². The Balaban J connectivity index is 4.18. The topological polar surface area (TPSA) is 78.9 Å². The summed E-state index contributed by atoms with van der Waals surface area (Å²) in [5.41, 5.74) is 0. The Bertz CT molecular complexity index is 1580. The maximum Gasteiger partial charge on any atom is 0.306 e. The van der Waals surface area contributed by atoms with Gasteiger partial charge in [0.05, 0.1) is 0 Å². The standard InChI is InChI=1S/C75H130O6/c1-4-7-10-13-16-19-22-24-26-28-30-31-32-33-34-35-36-37-38-39-40-41-42-43-45-46-48-50-53-56-59-62-65-68-74(77)80-71-72(70-79-73(76)67-64-61-58-55-52-21-18-15-12-9-6-3)81-75(78)69-66-63-60-57-54-51-49-47-44-29-27-25-23-20-17-14-11-8-5-2/h8,11,15,17-18,20,25,27-28,30,44,47,51,54,60,63,72H,4-7,9-10,12-14,16,19,21-24,26,29,31-43,45-46,48-50,52-53,55-59,61-62,64-71H2,1-3H3/b11-8-,18-15-,20-17-,27-25-,30-28-,47-44-,54-51-,63-60-. The highest BCUT2D eigenvalue weighted by Crippen LogP contribution is 2.17. The van der Waals surface area contributed by atoms with Gasteiger partial charge in [-0.15, -0.1) is 0 Å². The Kier molecular flexibility index (Phi) is 65.7. The molecule has 1 atom stereocenters. The van der Waals surface area contributed by atoms with Crippen LogP contribution in [-0.4, -0.2) is 37.2 Å². The summed E-state index contributed by atoms with van der Waals surface area (Å²) >= 11 is 0. The summed E-state index contributed by atoms with van der Waals surface area (Å²) in [5.74, 6) is -0.993. The van der Waals surface area contributed by atoms with Gasteiger partial charge in [-0.2, -0.15) is 0 Å². The van der Waals surface area contributed by atoms with E-state index in [0.717, 1.165) is 89.9 Å². The molecule has 81 heavy (non-hydrogen) atoms. The zero-order valence-corrected chi connectivity index (χ0v) is 53.5. The molecule has 0 spiro atoms. The van der Waals surface area contributed by atoms with Gasteiger partial charge in [-0.25, -0.2) is 0 Å². The van der Waals surface area contributed by atoms with Crippen LogP contribution < -0.4 is 0 Å². The van der Waals surface area contributed by atoms with Crippen LogP contribution in [0.1, 0.15) is 342 Å². The van der Waals surface area contributed by atoms with Crippen LogP contribution in [0.15, 0.2) is 97.2 Å². The third kappa shape index (κ3) is 67.0. The van der Waals surface area contributed by atoms with E-state index in [-0.39, 0.29) is 31.6 Å². The van der Waals surface area contributed by atoms with Crippen molar-refractivity contribution in [1.29, 1.82) is 0 Å². The smallest absolute Gasteiger partial charge is 0.306 e. The predicted molar refractivity (Wildman–Crippen MR) is 353 cm³/mol. The van der Waals surface area contributed by atoms with Gasteiger partial charge in [0, 0.05) is 19.3 Å². The zero-order valence-electron chi connectivity index (χ0n) is 53.5. The first kappa shape index (κ1) is 77.3. The van der Waals surface area contributed by atoms with Crippen molar-refractivity contribution in [3.63, 3.8) is 0 Å². The van der Waals surface area contributed by atoms with Crippen LogP contribution in [-0.2, 0) is 28.6 Å². The molecule has 0 rings (SSSR count). The lowest BCUT2D eigenvalue weighted by molar-refractivity contribution is -0.166. The van der Waals surface area contributed by atoms with Gasteiger partial charge in [-0.1, -0.05) is 317 Å². The summed E-state index contributed by atoms with van der Waals surface area (Å²) in [5, 5.41) is 0. The minimum atomic E-state index is -0.821. The molecule has 1 unspecified atom stereocenters. The molecule has 0 aliphatic heterocycles. The van der Waals surface area contributed by atoms with E-state index in [1.807, 2.05) is 6.08 Å². The van der Waals surface area contributed by atoms with Gasteiger partial charge in [0.25, 0.3) is 0 Å². The number of unbranched alkanes of at least 4 members (excludes halogenated alkanes) is 36. The molecule has 0 aliphatic carbocycles. The highest BCUT2D eigenvalue weighted by molar-refractivity contribution is 5.71. The quantitative estimate of drug-likeness (QED) is 0.0261.